The second-order valence-electron chi connectivity index (χ2n) is 6.86. The molecule has 5 heteroatoms. The van der Waals surface area contributed by atoms with Crippen molar-refractivity contribution in [3.63, 3.8) is 0 Å². The third kappa shape index (κ3) is 3.15. The van der Waals surface area contributed by atoms with E-state index in [2.05, 4.69) is 12.1 Å². The van der Waals surface area contributed by atoms with Crippen molar-refractivity contribution in [1.82, 2.24) is 9.47 Å². The van der Waals surface area contributed by atoms with Gasteiger partial charge in [-0.2, -0.15) is 0 Å². The van der Waals surface area contributed by atoms with Gasteiger partial charge in [-0.1, -0.05) is 6.92 Å². The first kappa shape index (κ1) is 17.5. The molecule has 1 aliphatic heterocycles. The minimum absolute atomic E-state index is 0.0232. The average Bonchev–Trinajstić information content (AvgIpc) is 2.65. The number of likely N-dealkylation sites (tertiary alicyclic amines) is 1. The maximum Gasteiger partial charge on any atom is 0.253 e. The molecule has 1 amide bonds. The molecule has 0 unspecified atom stereocenters. The molecular formula is C20H26N2O3. The topological polar surface area (TPSA) is 51.5 Å². The smallest absolute Gasteiger partial charge is 0.253 e. The molecule has 0 radical (unpaired) electrons. The van der Waals surface area contributed by atoms with Gasteiger partial charge in [0.05, 0.1) is 12.6 Å². The van der Waals surface area contributed by atoms with Crippen molar-refractivity contribution in [2.45, 2.75) is 39.0 Å². The quantitative estimate of drug-likeness (QED) is 0.862. The Kier molecular flexibility index (Phi) is 4.84. The van der Waals surface area contributed by atoms with Crippen molar-refractivity contribution in [3.05, 3.63) is 39.7 Å². The first-order chi connectivity index (χ1) is 12.0. The predicted octanol–water partition coefficient (Wildman–Crippen LogP) is 2.97. The van der Waals surface area contributed by atoms with E-state index in [9.17, 15) is 9.59 Å². The van der Waals surface area contributed by atoms with Crippen molar-refractivity contribution >= 4 is 16.8 Å². The molecule has 1 saturated heterocycles. The summed E-state index contributed by atoms with van der Waals surface area (Å²) in [6.45, 7) is 5.33. The number of benzene rings is 1. The Balaban J connectivity index is 1.98. The van der Waals surface area contributed by atoms with Gasteiger partial charge in [-0.3, -0.25) is 9.59 Å². The van der Waals surface area contributed by atoms with Crippen LogP contribution in [0.15, 0.2) is 23.0 Å². The zero-order chi connectivity index (χ0) is 18.1. The molecule has 134 valence electrons. The number of pyridine rings is 1. The number of amides is 1. The molecular weight excluding hydrogens is 316 g/mol. The molecule has 1 fully saturated rings. The Hall–Kier alpha value is -2.30. The van der Waals surface area contributed by atoms with Crippen molar-refractivity contribution in [1.29, 1.82) is 0 Å². The van der Waals surface area contributed by atoms with Crippen molar-refractivity contribution < 1.29 is 9.53 Å². The Morgan fingerprint density at radius 3 is 2.52 bits per heavy atom. The summed E-state index contributed by atoms with van der Waals surface area (Å²) in [4.78, 5) is 26.1. The zero-order valence-electron chi connectivity index (χ0n) is 15.5. The number of methoxy groups -OCH3 is 1. The van der Waals surface area contributed by atoms with Crippen LogP contribution in [0.5, 0.6) is 5.75 Å². The first-order valence-electron chi connectivity index (χ1n) is 8.92. The van der Waals surface area contributed by atoms with Crippen molar-refractivity contribution in [3.8, 4) is 5.75 Å². The summed E-state index contributed by atoms with van der Waals surface area (Å²) in [5.74, 6) is 1.42. The van der Waals surface area contributed by atoms with Crippen LogP contribution in [0.3, 0.4) is 0 Å². The highest BCUT2D eigenvalue weighted by Crippen LogP contribution is 2.35. The van der Waals surface area contributed by atoms with E-state index < -0.39 is 0 Å². The number of hydrogen-bond acceptors (Lipinski definition) is 3. The summed E-state index contributed by atoms with van der Waals surface area (Å²) in [6.07, 6.45) is 2.45. The Labute approximate surface area is 148 Å². The van der Waals surface area contributed by atoms with E-state index in [0.717, 1.165) is 42.6 Å². The molecule has 1 aliphatic rings. The van der Waals surface area contributed by atoms with Crippen LogP contribution in [0.2, 0.25) is 0 Å². The number of fused-ring (bicyclic) bond motifs is 1. The lowest BCUT2D eigenvalue weighted by molar-refractivity contribution is -0.131. The Bertz CT molecular complexity index is 861. The second kappa shape index (κ2) is 6.90. The average molecular weight is 342 g/mol. The molecule has 5 nitrogen and oxygen atoms in total. The SMILES string of the molecule is CCC(=O)N1CCC(c2cc(OC)c3cc(C)c(=O)n(C)c3c2)CC1. The Morgan fingerprint density at radius 1 is 1.24 bits per heavy atom. The molecule has 0 spiro atoms. The van der Waals surface area contributed by atoms with Crippen LogP contribution < -0.4 is 10.3 Å². The maximum atomic E-state index is 12.3. The first-order valence-corrected chi connectivity index (χ1v) is 8.92. The fraction of sp³-hybridized carbons (Fsp3) is 0.500. The fourth-order valence-electron chi connectivity index (χ4n) is 3.80. The van der Waals surface area contributed by atoms with Gasteiger partial charge in [0.25, 0.3) is 5.56 Å². The van der Waals surface area contributed by atoms with E-state index in [1.54, 1.807) is 11.7 Å². The van der Waals surface area contributed by atoms with E-state index in [1.165, 1.54) is 5.56 Å². The molecule has 0 atom stereocenters. The lowest BCUT2D eigenvalue weighted by Gasteiger charge is -2.32. The van der Waals surface area contributed by atoms with Crippen LogP contribution in [-0.4, -0.2) is 35.6 Å². The second-order valence-corrected chi connectivity index (χ2v) is 6.86. The summed E-state index contributed by atoms with van der Waals surface area (Å²) in [7, 11) is 3.48. The molecule has 25 heavy (non-hydrogen) atoms. The van der Waals surface area contributed by atoms with Crippen LogP contribution in [0.4, 0.5) is 0 Å². The minimum Gasteiger partial charge on any atom is -0.496 e. The predicted molar refractivity (Wildman–Crippen MR) is 99.3 cm³/mol. The standard InChI is InChI=1S/C20H26N2O3/c1-5-19(23)22-8-6-14(7-9-22)15-11-17-16(18(12-15)25-4)10-13(2)20(24)21(17)3/h10-12,14H,5-9H2,1-4H3. The number of rotatable bonds is 3. The maximum absolute atomic E-state index is 12.3. The molecule has 2 heterocycles. The lowest BCUT2D eigenvalue weighted by atomic mass is 9.88. The number of carbonyl (C=O) groups excluding carboxylic acids is 1. The highest BCUT2D eigenvalue weighted by Gasteiger charge is 2.24. The van der Waals surface area contributed by atoms with Gasteiger partial charge in [0.15, 0.2) is 0 Å². The highest BCUT2D eigenvalue weighted by molar-refractivity contribution is 5.87. The highest BCUT2D eigenvalue weighted by atomic mass is 16.5. The van der Waals surface area contributed by atoms with Crippen molar-refractivity contribution in [2.24, 2.45) is 7.05 Å². The molecule has 1 aromatic heterocycles. The van der Waals surface area contributed by atoms with E-state index >= 15 is 0 Å². The number of aromatic nitrogens is 1. The largest absolute Gasteiger partial charge is 0.496 e. The molecule has 0 bridgehead atoms. The van der Waals surface area contributed by atoms with Gasteiger partial charge in [0.1, 0.15) is 5.75 Å². The summed E-state index contributed by atoms with van der Waals surface area (Å²) < 4.78 is 7.31. The van der Waals surface area contributed by atoms with Gasteiger partial charge < -0.3 is 14.2 Å². The summed E-state index contributed by atoms with van der Waals surface area (Å²) in [6, 6.07) is 6.11. The monoisotopic (exact) mass is 342 g/mol. The molecule has 0 aliphatic carbocycles. The normalized spacial score (nSPS) is 15.6. The van der Waals surface area contributed by atoms with Crippen LogP contribution >= 0.6 is 0 Å². The molecule has 0 saturated carbocycles. The molecule has 0 N–H and O–H groups in total. The molecule has 3 rings (SSSR count). The van der Waals surface area contributed by atoms with E-state index in [-0.39, 0.29) is 11.5 Å². The van der Waals surface area contributed by atoms with Gasteiger partial charge in [0.2, 0.25) is 5.91 Å². The Morgan fingerprint density at radius 2 is 1.92 bits per heavy atom. The summed E-state index contributed by atoms with van der Waals surface area (Å²) >= 11 is 0. The summed E-state index contributed by atoms with van der Waals surface area (Å²) in [5.41, 5.74) is 2.83. The van der Waals surface area contributed by atoms with Crippen LogP contribution in [-0.2, 0) is 11.8 Å². The number of nitrogens with zero attached hydrogens (tertiary/aromatic N) is 2. The number of piperidine rings is 1. The lowest BCUT2D eigenvalue weighted by Crippen LogP contribution is -2.37. The van der Waals surface area contributed by atoms with Crippen molar-refractivity contribution in [2.75, 3.05) is 20.2 Å². The number of hydrogen-bond donors (Lipinski definition) is 0. The van der Waals surface area contributed by atoms with E-state index in [0.29, 0.717) is 17.9 Å². The third-order valence-electron chi connectivity index (χ3n) is 5.35. The zero-order valence-corrected chi connectivity index (χ0v) is 15.5. The number of aryl methyl sites for hydroxylation is 2. The van der Waals surface area contributed by atoms with E-state index in [4.69, 9.17) is 4.74 Å². The third-order valence-corrected chi connectivity index (χ3v) is 5.35. The van der Waals surface area contributed by atoms with Crippen LogP contribution in [0.25, 0.3) is 10.9 Å². The van der Waals surface area contributed by atoms with Gasteiger partial charge >= 0.3 is 0 Å². The minimum atomic E-state index is 0.0232. The number of carbonyl (C=O) groups is 1. The van der Waals surface area contributed by atoms with E-state index in [1.807, 2.05) is 31.9 Å². The van der Waals surface area contributed by atoms with Gasteiger partial charge in [-0.15, -0.1) is 0 Å². The van der Waals surface area contributed by atoms with Gasteiger partial charge in [-0.05, 0) is 49.4 Å². The number of ether oxygens (including phenoxy) is 1. The van der Waals surface area contributed by atoms with Gasteiger partial charge in [0, 0.05) is 37.5 Å². The summed E-state index contributed by atoms with van der Waals surface area (Å²) in [5, 5.41) is 0.962. The fourth-order valence-corrected chi connectivity index (χ4v) is 3.80. The van der Waals surface area contributed by atoms with Gasteiger partial charge in [-0.25, -0.2) is 0 Å². The van der Waals surface area contributed by atoms with Crippen LogP contribution in [0.1, 0.15) is 43.2 Å². The van der Waals surface area contributed by atoms with Crippen LogP contribution in [0, 0.1) is 6.92 Å². The molecule has 2 aromatic rings. The molecule has 1 aromatic carbocycles.